The van der Waals surface area contributed by atoms with Crippen molar-refractivity contribution >= 4 is 63.7 Å². The Bertz CT molecular complexity index is 1200. The van der Waals surface area contributed by atoms with Gasteiger partial charge < -0.3 is 4.42 Å². The third-order valence-electron chi connectivity index (χ3n) is 4.49. The van der Waals surface area contributed by atoms with Gasteiger partial charge in [0.15, 0.2) is 0 Å². The van der Waals surface area contributed by atoms with Crippen LogP contribution in [0.2, 0.25) is 0 Å². The van der Waals surface area contributed by atoms with Crippen molar-refractivity contribution in [3.63, 3.8) is 0 Å². The van der Waals surface area contributed by atoms with Crippen LogP contribution in [0.25, 0.3) is 12.2 Å². The molecule has 2 saturated heterocycles. The molecular formula is C20H13N3O7S2. The maximum atomic E-state index is 12.6. The topological polar surface area (TPSA) is 131 Å². The number of carbonyl (C=O) groups is 4. The number of rotatable bonds is 6. The fraction of sp³-hybridized carbons (Fsp3) is 0.100. The molecule has 3 heterocycles. The molecule has 1 aromatic carbocycles. The number of nitro benzene ring substituents is 1. The largest absolute Gasteiger partial charge is 0.465 e. The molecule has 0 atom stereocenters. The van der Waals surface area contributed by atoms with Gasteiger partial charge in [0, 0.05) is 31.3 Å². The molecule has 0 radical (unpaired) electrons. The first kappa shape index (κ1) is 21.6. The zero-order chi connectivity index (χ0) is 22.8. The van der Waals surface area contributed by atoms with E-state index in [9.17, 15) is 29.3 Å². The minimum absolute atomic E-state index is 0.0994. The lowest BCUT2D eigenvalue weighted by molar-refractivity contribution is -0.384. The molecule has 2 aliphatic heterocycles. The van der Waals surface area contributed by atoms with Crippen LogP contribution in [-0.4, -0.2) is 50.1 Å². The first-order chi connectivity index (χ1) is 15.3. The van der Waals surface area contributed by atoms with Crippen molar-refractivity contribution in [2.75, 3.05) is 13.1 Å². The maximum absolute atomic E-state index is 12.6. The molecule has 0 unspecified atom stereocenters. The van der Waals surface area contributed by atoms with Crippen LogP contribution >= 0.6 is 23.5 Å². The number of hydrogen-bond acceptors (Lipinski definition) is 9. The number of imide groups is 2. The molecule has 32 heavy (non-hydrogen) atoms. The van der Waals surface area contributed by atoms with Gasteiger partial charge >= 0.3 is 0 Å². The Balaban J connectivity index is 1.44. The van der Waals surface area contributed by atoms with Crippen LogP contribution in [0.15, 0.2) is 56.9 Å². The van der Waals surface area contributed by atoms with Gasteiger partial charge in [0.25, 0.3) is 28.0 Å². The summed E-state index contributed by atoms with van der Waals surface area (Å²) in [5.74, 6) is -0.701. The van der Waals surface area contributed by atoms with Crippen molar-refractivity contribution < 1.29 is 28.5 Å². The highest BCUT2D eigenvalue weighted by molar-refractivity contribution is 8.18. The smallest absolute Gasteiger partial charge is 0.293 e. The molecule has 10 nitrogen and oxygen atoms in total. The summed E-state index contributed by atoms with van der Waals surface area (Å²) in [5.41, 5.74) is 0.263. The normalized spacial score (nSPS) is 19.1. The molecular weight excluding hydrogens is 458 g/mol. The lowest BCUT2D eigenvalue weighted by Crippen LogP contribution is -2.39. The molecule has 2 aliphatic rings. The molecule has 2 aromatic rings. The van der Waals surface area contributed by atoms with Gasteiger partial charge in [-0.3, -0.25) is 39.1 Å². The second-order valence-electron chi connectivity index (χ2n) is 6.53. The number of amides is 4. The Morgan fingerprint density at radius 3 is 2.09 bits per heavy atom. The van der Waals surface area contributed by atoms with Crippen molar-refractivity contribution in [3.8, 4) is 0 Å². The second-order valence-corrected chi connectivity index (χ2v) is 8.52. The van der Waals surface area contributed by atoms with Gasteiger partial charge in [-0.05, 0) is 47.3 Å². The molecule has 12 heteroatoms. The van der Waals surface area contributed by atoms with Crippen LogP contribution in [0, 0.1) is 10.1 Å². The summed E-state index contributed by atoms with van der Waals surface area (Å²) in [6.45, 7) is -0.314. The Kier molecular flexibility index (Phi) is 5.97. The first-order valence-corrected chi connectivity index (χ1v) is 10.8. The highest BCUT2D eigenvalue weighted by Gasteiger charge is 2.39. The van der Waals surface area contributed by atoms with Crippen molar-refractivity contribution in [1.82, 2.24) is 9.80 Å². The van der Waals surface area contributed by atoms with Gasteiger partial charge in [0.05, 0.1) is 21.0 Å². The van der Waals surface area contributed by atoms with E-state index in [-0.39, 0.29) is 28.6 Å². The Hall–Kier alpha value is -3.64. The van der Waals surface area contributed by atoms with Crippen molar-refractivity contribution in [2.24, 2.45) is 0 Å². The van der Waals surface area contributed by atoms with Crippen molar-refractivity contribution in [2.45, 2.75) is 0 Å². The predicted molar refractivity (Wildman–Crippen MR) is 117 cm³/mol. The fourth-order valence-corrected chi connectivity index (χ4v) is 4.68. The zero-order valence-corrected chi connectivity index (χ0v) is 17.8. The van der Waals surface area contributed by atoms with Gasteiger partial charge in [-0.25, -0.2) is 0 Å². The van der Waals surface area contributed by atoms with Crippen LogP contribution in [-0.2, 0) is 9.59 Å². The van der Waals surface area contributed by atoms with E-state index in [2.05, 4.69) is 0 Å². The van der Waals surface area contributed by atoms with E-state index in [4.69, 9.17) is 4.42 Å². The first-order valence-electron chi connectivity index (χ1n) is 9.12. The van der Waals surface area contributed by atoms with Crippen molar-refractivity contribution in [1.29, 1.82) is 0 Å². The van der Waals surface area contributed by atoms with E-state index in [1.54, 1.807) is 18.2 Å². The standard InChI is InChI=1S/C20H13N3O7S2/c24-17-15(10-12-3-1-4-13(9-12)23(28)29)31-19(26)21(17)6-7-22-18(25)16(32-20(22)27)11-14-5-2-8-30-14/h1-5,8-11H,6-7H2. The predicted octanol–water partition coefficient (Wildman–Crippen LogP) is 3.96. The van der Waals surface area contributed by atoms with E-state index < -0.39 is 27.2 Å². The van der Waals surface area contributed by atoms with E-state index in [0.29, 0.717) is 23.1 Å². The third-order valence-corrected chi connectivity index (χ3v) is 6.30. The third kappa shape index (κ3) is 4.36. The average Bonchev–Trinajstić information content (AvgIpc) is 3.43. The Morgan fingerprint density at radius 2 is 1.53 bits per heavy atom. The SMILES string of the molecule is O=C1SC(=Cc2cccc([N+](=O)[O-])c2)C(=O)N1CCN1C(=O)SC(=Cc2ccco2)C1=O. The maximum Gasteiger partial charge on any atom is 0.293 e. The zero-order valence-electron chi connectivity index (χ0n) is 16.1. The van der Waals surface area contributed by atoms with E-state index in [0.717, 1.165) is 21.6 Å². The quantitative estimate of drug-likeness (QED) is 0.349. The summed E-state index contributed by atoms with van der Waals surface area (Å²) >= 11 is 1.44. The number of nitro groups is 1. The summed E-state index contributed by atoms with van der Waals surface area (Å²) in [6.07, 6.45) is 4.29. The number of thioether (sulfide) groups is 2. The Morgan fingerprint density at radius 1 is 0.906 bits per heavy atom. The molecule has 162 valence electrons. The van der Waals surface area contributed by atoms with Crippen LogP contribution in [0.5, 0.6) is 0 Å². The summed E-state index contributed by atoms with van der Waals surface area (Å²) in [7, 11) is 0. The summed E-state index contributed by atoms with van der Waals surface area (Å²) in [4.78, 5) is 62.2. The molecule has 0 saturated carbocycles. The van der Waals surface area contributed by atoms with E-state index >= 15 is 0 Å². The highest BCUT2D eigenvalue weighted by Crippen LogP contribution is 2.34. The summed E-state index contributed by atoms with van der Waals surface area (Å²) < 4.78 is 5.15. The fourth-order valence-electron chi connectivity index (χ4n) is 2.97. The molecule has 4 rings (SSSR count). The van der Waals surface area contributed by atoms with Gasteiger partial charge in [-0.1, -0.05) is 12.1 Å². The minimum Gasteiger partial charge on any atom is -0.465 e. The molecule has 0 spiro atoms. The number of benzene rings is 1. The minimum atomic E-state index is -0.593. The van der Waals surface area contributed by atoms with E-state index in [1.165, 1.54) is 36.6 Å². The van der Waals surface area contributed by atoms with Crippen LogP contribution in [0.3, 0.4) is 0 Å². The second kappa shape index (κ2) is 8.85. The molecule has 2 fully saturated rings. The van der Waals surface area contributed by atoms with Gasteiger partial charge in [0.1, 0.15) is 5.76 Å². The number of nitrogens with zero attached hydrogens (tertiary/aromatic N) is 3. The molecule has 4 amide bonds. The van der Waals surface area contributed by atoms with Crippen LogP contribution in [0.4, 0.5) is 15.3 Å². The van der Waals surface area contributed by atoms with Gasteiger partial charge in [0.2, 0.25) is 0 Å². The van der Waals surface area contributed by atoms with Gasteiger partial charge in [-0.2, -0.15) is 0 Å². The average molecular weight is 471 g/mol. The Labute approximate surface area is 189 Å². The lowest BCUT2D eigenvalue weighted by Gasteiger charge is -2.17. The lowest BCUT2D eigenvalue weighted by atomic mass is 10.2. The van der Waals surface area contributed by atoms with Crippen molar-refractivity contribution in [3.05, 3.63) is 73.9 Å². The van der Waals surface area contributed by atoms with Crippen LogP contribution < -0.4 is 0 Å². The monoisotopic (exact) mass is 471 g/mol. The van der Waals surface area contributed by atoms with Gasteiger partial charge in [-0.15, -0.1) is 0 Å². The summed E-state index contributed by atoms with van der Waals surface area (Å²) in [5, 5.41) is 9.86. The number of furan rings is 1. The molecule has 0 bridgehead atoms. The highest BCUT2D eigenvalue weighted by atomic mass is 32.2. The molecule has 0 N–H and O–H groups in total. The van der Waals surface area contributed by atoms with E-state index in [1.807, 2.05) is 0 Å². The number of non-ortho nitro benzene ring substituents is 1. The van der Waals surface area contributed by atoms with Crippen LogP contribution in [0.1, 0.15) is 11.3 Å². The molecule has 0 aliphatic carbocycles. The number of carbonyl (C=O) groups excluding carboxylic acids is 4. The molecule has 1 aromatic heterocycles. The summed E-state index contributed by atoms with van der Waals surface area (Å²) in [6, 6.07) is 8.95. The number of hydrogen-bond donors (Lipinski definition) is 0.